The Balaban J connectivity index is 1.65. The molecule has 1 atom stereocenters. The van der Waals surface area contributed by atoms with Gasteiger partial charge in [-0.15, -0.1) is 13.2 Å². The Hall–Kier alpha value is -3.54. The fourth-order valence-electron chi connectivity index (χ4n) is 4.70. The second-order valence-corrected chi connectivity index (χ2v) is 12.0. The molecular weight excluding hydrogens is 602 g/mol. The molecule has 0 fully saturated rings. The fraction of sp³-hybridized carbons (Fsp3) is 0.542. The SMILES string of the molecule is CCS(=O)(=O)CC(=O)Nc1c2c(nn1CCCOC(F)(F)F)C[C@@]1(CCOc3cc(OCC(F)(F)F)ccc31)NC2=O. The summed E-state index contributed by atoms with van der Waals surface area (Å²) < 4.78 is 114. The van der Waals surface area contributed by atoms with Crippen LogP contribution in [0, 0.1) is 0 Å². The number of nitrogens with one attached hydrogen (secondary N) is 2. The van der Waals surface area contributed by atoms with Crippen molar-refractivity contribution in [3.63, 3.8) is 0 Å². The molecule has 3 heterocycles. The first-order valence-electron chi connectivity index (χ1n) is 12.6. The van der Waals surface area contributed by atoms with Crippen molar-refractivity contribution in [3.05, 3.63) is 35.0 Å². The van der Waals surface area contributed by atoms with Gasteiger partial charge in [0.2, 0.25) is 5.91 Å². The van der Waals surface area contributed by atoms with Crippen molar-refractivity contribution in [2.24, 2.45) is 0 Å². The van der Waals surface area contributed by atoms with Crippen LogP contribution in [0.4, 0.5) is 32.2 Å². The Morgan fingerprint density at radius 3 is 2.64 bits per heavy atom. The molecule has 18 heteroatoms. The number of ether oxygens (including phenoxy) is 3. The first-order chi connectivity index (χ1) is 19.5. The van der Waals surface area contributed by atoms with E-state index in [2.05, 4.69) is 20.5 Å². The van der Waals surface area contributed by atoms with Crippen molar-refractivity contribution in [1.82, 2.24) is 15.1 Å². The molecule has 1 spiro atoms. The van der Waals surface area contributed by atoms with Gasteiger partial charge in [-0.3, -0.25) is 14.3 Å². The van der Waals surface area contributed by atoms with Crippen molar-refractivity contribution < 1.29 is 58.6 Å². The molecule has 2 amide bonds. The lowest BCUT2D eigenvalue weighted by Crippen LogP contribution is -2.53. The molecule has 4 rings (SSSR count). The lowest BCUT2D eigenvalue weighted by atomic mass is 9.77. The van der Waals surface area contributed by atoms with Crippen molar-refractivity contribution in [1.29, 1.82) is 0 Å². The van der Waals surface area contributed by atoms with Crippen LogP contribution in [-0.4, -0.2) is 73.9 Å². The summed E-state index contributed by atoms with van der Waals surface area (Å²) in [6.07, 6.45) is -9.39. The lowest BCUT2D eigenvalue weighted by Gasteiger charge is -2.41. The molecule has 2 aromatic rings. The van der Waals surface area contributed by atoms with Crippen LogP contribution in [0.3, 0.4) is 0 Å². The number of aryl methyl sites for hydroxylation is 1. The predicted molar refractivity (Wildman–Crippen MR) is 133 cm³/mol. The first kappa shape index (κ1) is 31.4. The second-order valence-electron chi connectivity index (χ2n) is 9.64. The summed E-state index contributed by atoms with van der Waals surface area (Å²) >= 11 is 0. The Labute approximate surface area is 235 Å². The van der Waals surface area contributed by atoms with Gasteiger partial charge < -0.3 is 20.1 Å². The Morgan fingerprint density at radius 2 is 1.98 bits per heavy atom. The number of aromatic nitrogens is 2. The predicted octanol–water partition coefficient (Wildman–Crippen LogP) is 3.09. The maximum atomic E-state index is 13.5. The Kier molecular flexibility index (Phi) is 8.69. The molecule has 0 bridgehead atoms. The van der Waals surface area contributed by atoms with Crippen LogP contribution in [0.25, 0.3) is 0 Å². The topological polar surface area (TPSA) is 138 Å². The summed E-state index contributed by atoms with van der Waals surface area (Å²) in [4.78, 5) is 26.0. The van der Waals surface area contributed by atoms with Gasteiger partial charge in [0.05, 0.1) is 24.4 Å². The summed E-state index contributed by atoms with van der Waals surface area (Å²) in [6.45, 7) is -1.07. The van der Waals surface area contributed by atoms with Crippen LogP contribution in [0.1, 0.15) is 41.4 Å². The van der Waals surface area contributed by atoms with E-state index in [-0.39, 0.29) is 66.7 Å². The Morgan fingerprint density at radius 1 is 1.24 bits per heavy atom. The highest BCUT2D eigenvalue weighted by Gasteiger charge is 2.46. The smallest absolute Gasteiger partial charge is 0.493 e. The number of halogens is 6. The molecular formula is C24H26F6N4O7S. The third kappa shape index (κ3) is 7.45. The molecule has 0 unspecified atom stereocenters. The summed E-state index contributed by atoms with van der Waals surface area (Å²) in [6, 6.07) is 4.01. The molecule has 1 aromatic heterocycles. The van der Waals surface area contributed by atoms with Crippen LogP contribution in [0.5, 0.6) is 11.5 Å². The van der Waals surface area contributed by atoms with E-state index in [1.165, 1.54) is 25.1 Å². The molecule has 2 aliphatic rings. The first-order valence-corrected chi connectivity index (χ1v) is 14.4. The average molecular weight is 629 g/mol. The van der Waals surface area contributed by atoms with Crippen molar-refractivity contribution in [3.8, 4) is 11.5 Å². The van der Waals surface area contributed by atoms with Gasteiger partial charge in [0, 0.05) is 36.8 Å². The maximum Gasteiger partial charge on any atom is 0.522 e. The monoisotopic (exact) mass is 628 g/mol. The second kappa shape index (κ2) is 11.6. The van der Waals surface area contributed by atoms with E-state index < -0.39 is 58.7 Å². The molecule has 232 valence electrons. The van der Waals surface area contributed by atoms with Crippen molar-refractivity contribution >= 4 is 27.5 Å². The normalized spacial score (nSPS) is 18.6. The Bertz CT molecular complexity index is 1460. The number of carbonyl (C=O) groups excluding carboxylic acids is 2. The third-order valence-electron chi connectivity index (χ3n) is 6.56. The zero-order chi connectivity index (χ0) is 30.9. The minimum atomic E-state index is -4.87. The van der Waals surface area contributed by atoms with Gasteiger partial charge in [-0.1, -0.05) is 6.92 Å². The number of rotatable bonds is 10. The average Bonchev–Trinajstić information content (AvgIpc) is 3.21. The molecule has 0 radical (unpaired) electrons. The van der Waals surface area contributed by atoms with Gasteiger partial charge >= 0.3 is 12.5 Å². The largest absolute Gasteiger partial charge is 0.522 e. The van der Waals surface area contributed by atoms with Gasteiger partial charge in [-0.25, -0.2) is 13.1 Å². The molecule has 2 N–H and O–H groups in total. The zero-order valence-electron chi connectivity index (χ0n) is 22.0. The highest BCUT2D eigenvalue weighted by molar-refractivity contribution is 7.92. The molecule has 1 aromatic carbocycles. The third-order valence-corrected chi connectivity index (χ3v) is 8.14. The number of nitrogens with zero attached hydrogens (tertiary/aromatic N) is 2. The quantitative estimate of drug-likeness (QED) is 0.303. The van der Waals surface area contributed by atoms with Gasteiger partial charge in [0.25, 0.3) is 5.91 Å². The number of benzene rings is 1. The van der Waals surface area contributed by atoms with Gasteiger partial charge in [-0.2, -0.15) is 18.3 Å². The van der Waals surface area contributed by atoms with Crippen LogP contribution < -0.4 is 20.1 Å². The summed E-state index contributed by atoms with van der Waals surface area (Å²) in [5, 5.41) is 9.59. The highest BCUT2D eigenvalue weighted by Crippen LogP contribution is 2.44. The van der Waals surface area contributed by atoms with Gasteiger partial charge in [0.1, 0.15) is 28.6 Å². The molecule has 0 saturated carbocycles. The highest BCUT2D eigenvalue weighted by atomic mass is 32.2. The number of carbonyl (C=O) groups is 2. The number of hydrogen-bond donors (Lipinski definition) is 2. The molecule has 0 saturated heterocycles. The summed E-state index contributed by atoms with van der Waals surface area (Å²) in [5.74, 6) is -3.02. The van der Waals surface area contributed by atoms with E-state index in [1.807, 2.05) is 0 Å². The minimum absolute atomic E-state index is 0.0232. The van der Waals surface area contributed by atoms with Crippen molar-refractivity contribution in [2.75, 3.05) is 36.6 Å². The van der Waals surface area contributed by atoms with E-state index in [0.717, 1.165) is 4.68 Å². The van der Waals surface area contributed by atoms with Crippen LogP contribution in [0.2, 0.25) is 0 Å². The number of alkyl halides is 6. The van der Waals surface area contributed by atoms with E-state index >= 15 is 0 Å². The van der Waals surface area contributed by atoms with Gasteiger partial charge in [0.15, 0.2) is 16.4 Å². The summed E-state index contributed by atoms with van der Waals surface area (Å²) in [7, 11) is -3.75. The molecule has 0 aliphatic carbocycles. The van der Waals surface area contributed by atoms with E-state index in [4.69, 9.17) is 9.47 Å². The van der Waals surface area contributed by atoms with Crippen LogP contribution in [0.15, 0.2) is 18.2 Å². The van der Waals surface area contributed by atoms with E-state index in [9.17, 15) is 44.3 Å². The molecule has 42 heavy (non-hydrogen) atoms. The van der Waals surface area contributed by atoms with Gasteiger partial charge in [-0.05, 0) is 18.6 Å². The van der Waals surface area contributed by atoms with Crippen molar-refractivity contribution in [2.45, 2.75) is 50.8 Å². The van der Waals surface area contributed by atoms with Crippen LogP contribution in [-0.2, 0) is 37.9 Å². The van der Waals surface area contributed by atoms with E-state index in [1.54, 1.807) is 0 Å². The number of anilines is 1. The lowest BCUT2D eigenvalue weighted by molar-refractivity contribution is -0.324. The molecule has 11 nitrogen and oxygen atoms in total. The standard InChI is InChI=1S/C24H26F6N4O7S/c1-2-42(37,38)12-18(35)31-20-19-16(33-34(20)7-3-8-41-24(28,29)30)11-22(32-21(19)36)6-9-39-17-10-14(4-5-15(17)22)40-13-23(25,26)27/h4-5,10H,2-3,6-9,11-13H2,1H3,(H,31,35)(H,32,36)/t22-/m1/s1. The maximum absolute atomic E-state index is 13.5. The number of amides is 2. The fourth-order valence-corrected chi connectivity index (χ4v) is 5.38. The summed E-state index contributed by atoms with van der Waals surface area (Å²) in [5.41, 5.74) is -0.627. The molecule has 2 aliphatic heterocycles. The zero-order valence-corrected chi connectivity index (χ0v) is 22.8. The number of fused-ring (bicyclic) bond motifs is 3. The van der Waals surface area contributed by atoms with Crippen LogP contribution >= 0.6 is 0 Å². The van der Waals surface area contributed by atoms with E-state index in [0.29, 0.717) is 5.56 Å². The number of sulfone groups is 1. The number of hydrogen-bond acceptors (Lipinski definition) is 8. The minimum Gasteiger partial charge on any atom is -0.493 e.